The summed E-state index contributed by atoms with van der Waals surface area (Å²) < 4.78 is 6.04. The second-order valence-electron chi connectivity index (χ2n) is 7.43. The summed E-state index contributed by atoms with van der Waals surface area (Å²) in [5.41, 5.74) is 3.49. The molecule has 1 unspecified atom stereocenters. The van der Waals surface area contributed by atoms with Crippen LogP contribution in [0, 0.1) is 0 Å². The molecule has 1 saturated heterocycles. The number of carbonyl (C=O) groups excluding carboxylic acids is 1. The molecule has 3 aromatic rings. The van der Waals surface area contributed by atoms with Crippen LogP contribution in [0.4, 0.5) is 4.79 Å². The molecule has 1 N–H and O–H groups in total. The minimum atomic E-state index is -0.638. The quantitative estimate of drug-likeness (QED) is 0.572. The van der Waals surface area contributed by atoms with Crippen LogP contribution >= 0.6 is 0 Å². The first kappa shape index (κ1) is 19.0. The number of aromatic amines is 1. The van der Waals surface area contributed by atoms with Crippen LogP contribution in [-0.2, 0) is 10.3 Å². The van der Waals surface area contributed by atoms with Crippen LogP contribution in [0.25, 0.3) is 11.3 Å². The summed E-state index contributed by atoms with van der Waals surface area (Å²) in [6.45, 7) is 6.54. The zero-order valence-electron chi connectivity index (χ0n) is 16.5. The van der Waals surface area contributed by atoms with Crippen molar-refractivity contribution in [2.45, 2.75) is 31.4 Å². The highest BCUT2D eigenvalue weighted by Gasteiger charge is 2.42. The molecule has 0 saturated carbocycles. The van der Waals surface area contributed by atoms with Gasteiger partial charge in [-0.3, -0.25) is 5.10 Å². The standard InChI is InChI=1S/C24H25N3O2/c1-3-14-24(21-7-5-4-6-8-21)15-17-27(23(28)29-24)18(2)19-9-11-20(12-10-19)22-13-16-25-26-22/h3-13,16,18H,1,14-15,17H2,2H3,(H,25,26)/t18-,24?/m0/s1. The van der Waals surface area contributed by atoms with Crippen LogP contribution in [0.2, 0.25) is 0 Å². The van der Waals surface area contributed by atoms with Crippen molar-refractivity contribution >= 4 is 6.09 Å². The summed E-state index contributed by atoms with van der Waals surface area (Å²) in [4.78, 5) is 14.8. The lowest BCUT2D eigenvalue weighted by Crippen LogP contribution is -2.48. The number of amides is 1. The predicted octanol–water partition coefficient (Wildman–Crippen LogP) is 5.45. The molecule has 2 heterocycles. The number of H-pyrrole nitrogens is 1. The number of carbonyl (C=O) groups is 1. The molecule has 2 atom stereocenters. The van der Waals surface area contributed by atoms with E-state index in [0.717, 1.165) is 28.8 Å². The average molecular weight is 387 g/mol. The van der Waals surface area contributed by atoms with Crippen LogP contribution in [0.1, 0.15) is 36.9 Å². The SMILES string of the molecule is C=CCC1(c2ccccc2)CCN([C@@H](C)c2ccc(-c3ccn[nH]3)cc2)C(=O)O1. The van der Waals surface area contributed by atoms with Gasteiger partial charge < -0.3 is 9.64 Å². The van der Waals surface area contributed by atoms with E-state index in [4.69, 9.17) is 4.74 Å². The number of ether oxygens (including phenoxy) is 1. The summed E-state index contributed by atoms with van der Waals surface area (Å²) in [6.07, 6.45) is 4.60. The Morgan fingerprint density at radius 3 is 2.59 bits per heavy atom. The van der Waals surface area contributed by atoms with Crippen molar-refractivity contribution in [3.05, 3.63) is 90.6 Å². The first-order chi connectivity index (χ1) is 14.1. The largest absolute Gasteiger partial charge is 0.437 e. The van der Waals surface area contributed by atoms with Gasteiger partial charge in [0, 0.05) is 25.6 Å². The predicted molar refractivity (Wildman–Crippen MR) is 113 cm³/mol. The van der Waals surface area contributed by atoms with Gasteiger partial charge in [-0.05, 0) is 29.7 Å². The molecule has 5 heteroatoms. The van der Waals surface area contributed by atoms with Crippen molar-refractivity contribution in [3.8, 4) is 11.3 Å². The minimum Gasteiger partial charge on any atom is -0.437 e. The van der Waals surface area contributed by atoms with E-state index >= 15 is 0 Å². The Morgan fingerprint density at radius 1 is 1.21 bits per heavy atom. The van der Waals surface area contributed by atoms with E-state index in [1.165, 1.54) is 0 Å². The molecular weight excluding hydrogens is 362 g/mol. The lowest BCUT2D eigenvalue weighted by molar-refractivity contribution is -0.0588. The molecule has 0 bridgehead atoms. The van der Waals surface area contributed by atoms with Crippen molar-refractivity contribution in [3.63, 3.8) is 0 Å². The van der Waals surface area contributed by atoms with Gasteiger partial charge in [0.2, 0.25) is 0 Å². The smallest absolute Gasteiger partial charge is 0.411 e. The summed E-state index contributed by atoms with van der Waals surface area (Å²) in [7, 11) is 0. The first-order valence-corrected chi connectivity index (χ1v) is 9.89. The Morgan fingerprint density at radius 2 is 1.97 bits per heavy atom. The zero-order valence-corrected chi connectivity index (χ0v) is 16.5. The van der Waals surface area contributed by atoms with Gasteiger partial charge in [-0.25, -0.2) is 4.79 Å². The maximum absolute atomic E-state index is 13.0. The number of cyclic esters (lactones) is 1. The van der Waals surface area contributed by atoms with E-state index in [9.17, 15) is 4.79 Å². The lowest BCUT2D eigenvalue weighted by atomic mass is 9.85. The van der Waals surface area contributed by atoms with Gasteiger partial charge in [-0.2, -0.15) is 5.10 Å². The van der Waals surface area contributed by atoms with Gasteiger partial charge in [0.05, 0.1) is 11.7 Å². The van der Waals surface area contributed by atoms with E-state index in [2.05, 4.69) is 28.9 Å². The monoisotopic (exact) mass is 387 g/mol. The molecule has 2 aromatic carbocycles. The third kappa shape index (κ3) is 3.68. The molecule has 4 rings (SSSR count). The summed E-state index contributed by atoms with van der Waals surface area (Å²) in [5.74, 6) is 0. The molecule has 1 fully saturated rings. The third-order valence-electron chi connectivity index (χ3n) is 5.72. The van der Waals surface area contributed by atoms with Crippen LogP contribution in [0.3, 0.4) is 0 Å². The Labute approximate surface area is 171 Å². The normalized spacial score (nSPS) is 20.2. The van der Waals surface area contributed by atoms with Crippen LogP contribution < -0.4 is 0 Å². The van der Waals surface area contributed by atoms with Gasteiger partial charge in [0.15, 0.2) is 0 Å². The first-order valence-electron chi connectivity index (χ1n) is 9.89. The zero-order chi connectivity index (χ0) is 20.3. The minimum absolute atomic E-state index is 0.0733. The number of rotatable bonds is 6. The maximum Gasteiger partial charge on any atom is 0.411 e. The van der Waals surface area contributed by atoms with E-state index in [1.54, 1.807) is 11.1 Å². The maximum atomic E-state index is 13.0. The third-order valence-corrected chi connectivity index (χ3v) is 5.72. The van der Waals surface area contributed by atoms with Crippen molar-refractivity contribution in [1.29, 1.82) is 0 Å². The van der Waals surface area contributed by atoms with Crippen LogP contribution in [0.5, 0.6) is 0 Å². The molecule has 0 aliphatic carbocycles. The second kappa shape index (κ2) is 7.95. The van der Waals surface area contributed by atoms with Gasteiger partial charge in [-0.1, -0.05) is 60.7 Å². The molecule has 29 heavy (non-hydrogen) atoms. The molecule has 148 valence electrons. The Hall–Kier alpha value is -3.34. The van der Waals surface area contributed by atoms with Gasteiger partial charge in [0.1, 0.15) is 5.60 Å². The Bertz CT molecular complexity index is 967. The van der Waals surface area contributed by atoms with E-state index in [0.29, 0.717) is 13.0 Å². The highest BCUT2D eigenvalue weighted by molar-refractivity contribution is 5.70. The fourth-order valence-electron chi connectivity index (χ4n) is 4.00. The number of aromatic nitrogens is 2. The fraction of sp³-hybridized carbons (Fsp3) is 0.250. The average Bonchev–Trinajstić information content (AvgIpc) is 3.29. The van der Waals surface area contributed by atoms with Crippen LogP contribution in [-0.4, -0.2) is 27.7 Å². The van der Waals surface area contributed by atoms with Gasteiger partial charge in [0.25, 0.3) is 0 Å². The second-order valence-corrected chi connectivity index (χ2v) is 7.43. The van der Waals surface area contributed by atoms with Crippen molar-refractivity contribution in [1.82, 2.24) is 15.1 Å². The summed E-state index contributed by atoms with van der Waals surface area (Å²) in [6, 6.07) is 20.0. The molecule has 0 spiro atoms. The van der Waals surface area contributed by atoms with Crippen molar-refractivity contribution < 1.29 is 9.53 Å². The van der Waals surface area contributed by atoms with Crippen molar-refractivity contribution in [2.75, 3.05) is 6.54 Å². The fourth-order valence-corrected chi connectivity index (χ4v) is 4.00. The summed E-state index contributed by atoms with van der Waals surface area (Å²) >= 11 is 0. The topological polar surface area (TPSA) is 58.2 Å². The molecule has 1 aliphatic heterocycles. The van der Waals surface area contributed by atoms with Gasteiger partial charge >= 0.3 is 6.09 Å². The number of nitrogens with zero attached hydrogens (tertiary/aromatic N) is 2. The molecule has 1 aromatic heterocycles. The number of benzene rings is 2. The van der Waals surface area contributed by atoms with Crippen LogP contribution in [0.15, 0.2) is 79.5 Å². The number of hydrogen-bond donors (Lipinski definition) is 1. The Balaban J connectivity index is 1.52. The molecule has 1 amide bonds. The molecular formula is C24H25N3O2. The van der Waals surface area contributed by atoms with E-state index in [1.807, 2.05) is 61.5 Å². The highest BCUT2D eigenvalue weighted by Crippen LogP contribution is 2.39. The molecule has 5 nitrogen and oxygen atoms in total. The van der Waals surface area contributed by atoms with Crippen molar-refractivity contribution in [2.24, 2.45) is 0 Å². The number of hydrogen-bond acceptors (Lipinski definition) is 3. The molecule has 0 radical (unpaired) electrons. The van der Waals surface area contributed by atoms with Gasteiger partial charge in [-0.15, -0.1) is 6.58 Å². The van der Waals surface area contributed by atoms with E-state index in [-0.39, 0.29) is 12.1 Å². The lowest BCUT2D eigenvalue weighted by Gasteiger charge is -2.43. The number of nitrogens with one attached hydrogen (secondary N) is 1. The molecule has 1 aliphatic rings. The Kier molecular flexibility index (Phi) is 5.21. The van der Waals surface area contributed by atoms with E-state index < -0.39 is 5.60 Å². The summed E-state index contributed by atoms with van der Waals surface area (Å²) in [5, 5.41) is 6.96. The highest BCUT2D eigenvalue weighted by atomic mass is 16.6.